The highest BCUT2D eigenvalue weighted by Gasteiger charge is 2.15. The number of nitrogens with zero attached hydrogens (tertiary/aromatic N) is 2. The SMILES string of the molecule is CCc1nn(C)c(CS(=O)CCC(=O)O)c1Br. The lowest BCUT2D eigenvalue weighted by Crippen LogP contribution is -2.09. The van der Waals surface area contributed by atoms with Crippen molar-refractivity contribution in [3.05, 3.63) is 15.9 Å². The highest BCUT2D eigenvalue weighted by atomic mass is 79.9. The Bertz CT molecular complexity index is 445. The van der Waals surface area contributed by atoms with Crippen molar-refractivity contribution in [1.82, 2.24) is 9.78 Å². The maximum atomic E-state index is 11.7. The molecule has 96 valence electrons. The molecule has 1 aromatic rings. The van der Waals surface area contributed by atoms with Crippen LogP contribution in [0.4, 0.5) is 0 Å². The minimum absolute atomic E-state index is 0.0667. The van der Waals surface area contributed by atoms with E-state index in [0.717, 1.165) is 22.3 Å². The van der Waals surface area contributed by atoms with Crippen LogP contribution >= 0.6 is 15.9 Å². The Morgan fingerprint density at radius 3 is 2.71 bits per heavy atom. The molecule has 0 aliphatic heterocycles. The molecule has 0 fully saturated rings. The molecule has 17 heavy (non-hydrogen) atoms. The summed E-state index contributed by atoms with van der Waals surface area (Å²) in [6.07, 6.45) is 0.735. The van der Waals surface area contributed by atoms with Gasteiger partial charge in [0, 0.05) is 23.6 Å². The third kappa shape index (κ3) is 3.92. The van der Waals surface area contributed by atoms with Gasteiger partial charge >= 0.3 is 5.97 Å². The lowest BCUT2D eigenvalue weighted by atomic mass is 10.3. The van der Waals surface area contributed by atoms with E-state index in [9.17, 15) is 9.00 Å². The van der Waals surface area contributed by atoms with Gasteiger partial charge in [-0.3, -0.25) is 13.7 Å². The molecule has 0 aliphatic carbocycles. The van der Waals surface area contributed by atoms with Crippen LogP contribution in [-0.2, 0) is 34.8 Å². The molecular formula is C10H15BrN2O3S. The molecule has 1 unspecified atom stereocenters. The normalized spacial score (nSPS) is 12.6. The van der Waals surface area contributed by atoms with Gasteiger partial charge in [0.15, 0.2) is 0 Å². The minimum atomic E-state index is -1.17. The molecule has 0 saturated heterocycles. The summed E-state index contributed by atoms with van der Waals surface area (Å²) in [5, 5.41) is 12.8. The fourth-order valence-corrected chi connectivity index (χ4v) is 3.53. The van der Waals surface area contributed by atoms with Gasteiger partial charge in [0.05, 0.1) is 28.0 Å². The van der Waals surface area contributed by atoms with Gasteiger partial charge in [-0.25, -0.2) is 0 Å². The van der Waals surface area contributed by atoms with E-state index < -0.39 is 16.8 Å². The zero-order valence-electron chi connectivity index (χ0n) is 9.77. The molecule has 1 aromatic heterocycles. The van der Waals surface area contributed by atoms with Gasteiger partial charge in [-0.2, -0.15) is 5.10 Å². The Morgan fingerprint density at radius 2 is 2.24 bits per heavy atom. The van der Waals surface area contributed by atoms with Crippen molar-refractivity contribution in [1.29, 1.82) is 0 Å². The summed E-state index contributed by atoms with van der Waals surface area (Å²) >= 11 is 3.44. The molecule has 0 amide bonds. The molecule has 0 aliphatic rings. The molecule has 0 saturated carbocycles. The number of hydrogen-bond acceptors (Lipinski definition) is 3. The first-order chi connectivity index (χ1) is 7.95. The first-order valence-electron chi connectivity index (χ1n) is 5.22. The molecule has 1 atom stereocenters. The zero-order chi connectivity index (χ0) is 13.0. The molecule has 0 radical (unpaired) electrons. The quantitative estimate of drug-likeness (QED) is 0.860. The average Bonchev–Trinajstić information content (AvgIpc) is 2.53. The molecular weight excluding hydrogens is 308 g/mol. The number of rotatable bonds is 6. The lowest BCUT2D eigenvalue weighted by molar-refractivity contribution is -0.136. The third-order valence-corrected chi connectivity index (χ3v) is 4.51. The van der Waals surface area contributed by atoms with Crippen molar-refractivity contribution < 1.29 is 14.1 Å². The number of aryl methyl sites for hydroxylation is 2. The topological polar surface area (TPSA) is 72.2 Å². The summed E-state index contributed by atoms with van der Waals surface area (Å²) in [6, 6.07) is 0. The first-order valence-corrected chi connectivity index (χ1v) is 7.50. The van der Waals surface area contributed by atoms with Gasteiger partial charge in [-0.15, -0.1) is 0 Å². The lowest BCUT2D eigenvalue weighted by Gasteiger charge is -2.02. The second-order valence-corrected chi connectivity index (χ2v) is 5.99. The Balaban J connectivity index is 2.71. The van der Waals surface area contributed by atoms with Gasteiger partial charge in [0.25, 0.3) is 0 Å². The Morgan fingerprint density at radius 1 is 1.59 bits per heavy atom. The number of hydrogen-bond donors (Lipinski definition) is 1. The summed E-state index contributed by atoms with van der Waals surface area (Å²) < 4.78 is 14.3. The van der Waals surface area contributed by atoms with Crippen LogP contribution in [0, 0.1) is 0 Å². The number of halogens is 1. The van der Waals surface area contributed by atoms with E-state index in [1.807, 2.05) is 6.92 Å². The van der Waals surface area contributed by atoms with Gasteiger partial charge in [0.2, 0.25) is 0 Å². The number of carboxylic acid groups (broad SMARTS) is 1. The number of carbonyl (C=O) groups is 1. The molecule has 0 spiro atoms. The standard InChI is InChI=1S/C10H15BrN2O3S/c1-3-7-10(11)8(13(2)12-7)6-17(16)5-4-9(14)15/h3-6H2,1-2H3,(H,14,15). The van der Waals surface area contributed by atoms with E-state index >= 15 is 0 Å². The largest absolute Gasteiger partial charge is 0.481 e. The second-order valence-electron chi connectivity index (χ2n) is 3.62. The van der Waals surface area contributed by atoms with Crippen molar-refractivity contribution in [3.63, 3.8) is 0 Å². The summed E-state index contributed by atoms with van der Waals surface area (Å²) in [7, 11) is 0.627. The fraction of sp³-hybridized carbons (Fsp3) is 0.600. The molecule has 1 heterocycles. The Labute approximate surface area is 111 Å². The van der Waals surface area contributed by atoms with Gasteiger partial charge in [0.1, 0.15) is 0 Å². The number of aliphatic carboxylic acids is 1. The fourth-order valence-electron chi connectivity index (χ4n) is 1.40. The molecule has 1 N–H and O–H groups in total. The summed E-state index contributed by atoms with van der Waals surface area (Å²) in [4.78, 5) is 10.4. The predicted molar refractivity (Wildman–Crippen MR) is 69.3 cm³/mol. The first kappa shape index (κ1) is 14.4. The Kier molecular flexibility index (Phi) is 5.32. The summed E-state index contributed by atoms with van der Waals surface area (Å²) in [5.74, 6) is -0.414. The van der Waals surface area contributed by atoms with E-state index in [1.165, 1.54) is 0 Å². The van der Waals surface area contributed by atoms with Crippen LogP contribution in [0.5, 0.6) is 0 Å². The molecule has 0 aromatic carbocycles. The average molecular weight is 323 g/mol. The van der Waals surface area contributed by atoms with E-state index in [2.05, 4.69) is 21.0 Å². The van der Waals surface area contributed by atoms with Crippen LogP contribution in [0.2, 0.25) is 0 Å². The van der Waals surface area contributed by atoms with Gasteiger partial charge in [-0.05, 0) is 22.4 Å². The van der Waals surface area contributed by atoms with E-state index in [1.54, 1.807) is 11.7 Å². The van der Waals surface area contributed by atoms with Crippen LogP contribution < -0.4 is 0 Å². The summed E-state index contributed by atoms with van der Waals surface area (Å²) in [6.45, 7) is 2.00. The van der Waals surface area contributed by atoms with Crippen LogP contribution in [0.1, 0.15) is 24.7 Å². The van der Waals surface area contributed by atoms with Crippen molar-refractivity contribution in [3.8, 4) is 0 Å². The third-order valence-electron chi connectivity index (χ3n) is 2.34. The minimum Gasteiger partial charge on any atom is -0.481 e. The maximum absolute atomic E-state index is 11.7. The highest BCUT2D eigenvalue weighted by molar-refractivity contribution is 9.10. The van der Waals surface area contributed by atoms with E-state index in [0.29, 0.717) is 5.75 Å². The van der Waals surface area contributed by atoms with Crippen molar-refractivity contribution >= 4 is 32.7 Å². The second kappa shape index (κ2) is 6.30. The van der Waals surface area contributed by atoms with Crippen LogP contribution in [0.3, 0.4) is 0 Å². The maximum Gasteiger partial charge on any atom is 0.304 e. The van der Waals surface area contributed by atoms with Crippen LogP contribution in [0.15, 0.2) is 4.47 Å². The van der Waals surface area contributed by atoms with Gasteiger partial charge < -0.3 is 5.11 Å². The van der Waals surface area contributed by atoms with Crippen LogP contribution in [0.25, 0.3) is 0 Å². The van der Waals surface area contributed by atoms with Crippen molar-refractivity contribution in [2.75, 3.05) is 5.75 Å². The van der Waals surface area contributed by atoms with E-state index in [-0.39, 0.29) is 12.2 Å². The van der Waals surface area contributed by atoms with Gasteiger partial charge in [-0.1, -0.05) is 6.92 Å². The molecule has 0 bridgehead atoms. The van der Waals surface area contributed by atoms with Crippen molar-refractivity contribution in [2.45, 2.75) is 25.5 Å². The van der Waals surface area contributed by atoms with Crippen molar-refractivity contribution in [2.24, 2.45) is 7.05 Å². The summed E-state index contributed by atoms with van der Waals surface area (Å²) in [5.41, 5.74) is 1.78. The monoisotopic (exact) mass is 322 g/mol. The molecule has 1 rings (SSSR count). The predicted octanol–water partition coefficient (Wildman–Crippen LogP) is 1.47. The smallest absolute Gasteiger partial charge is 0.304 e. The number of carboxylic acids is 1. The highest BCUT2D eigenvalue weighted by Crippen LogP contribution is 2.22. The van der Waals surface area contributed by atoms with Crippen LogP contribution in [-0.4, -0.2) is 30.8 Å². The zero-order valence-corrected chi connectivity index (χ0v) is 12.2. The van der Waals surface area contributed by atoms with E-state index in [4.69, 9.17) is 5.11 Å². The Hall–Kier alpha value is -0.690. The number of aromatic nitrogens is 2. The molecule has 7 heteroatoms. The molecule has 5 nitrogen and oxygen atoms in total.